The Morgan fingerprint density at radius 3 is 1.71 bits per heavy atom. The van der Waals surface area contributed by atoms with E-state index < -0.39 is 29.2 Å². The zero-order valence-electron chi connectivity index (χ0n) is 13.8. The van der Waals surface area contributed by atoms with Crippen molar-refractivity contribution in [3.05, 3.63) is 58.9 Å². The molecule has 0 aliphatic heterocycles. The third-order valence-electron chi connectivity index (χ3n) is 3.57. The maximum atomic E-state index is 13.9. The zero-order valence-corrected chi connectivity index (χ0v) is 13.8. The van der Waals surface area contributed by atoms with Crippen LogP contribution in [0.1, 0.15) is 18.1 Å². The van der Waals surface area contributed by atoms with Gasteiger partial charge in [-0.05, 0) is 32.1 Å². The summed E-state index contributed by atoms with van der Waals surface area (Å²) in [6.45, 7) is 2.71. The highest BCUT2D eigenvalue weighted by Crippen LogP contribution is 2.27. The molecule has 0 saturated heterocycles. The molecule has 1 aromatic carbocycles. The molecule has 0 atom stereocenters. The number of nitrogens with zero attached hydrogens (tertiary/aromatic N) is 3. The van der Waals surface area contributed by atoms with Crippen molar-refractivity contribution in [3.63, 3.8) is 0 Å². The third-order valence-corrected chi connectivity index (χ3v) is 3.57. The number of aromatic nitrogens is 1. The lowest BCUT2D eigenvalue weighted by molar-refractivity contribution is 0.402. The number of rotatable bonds is 6. The fraction of sp³-hybridized carbons (Fsp3) is 0.353. The topological polar surface area (TPSA) is 19.4 Å². The summed E-state index contributed by atoms with van der Waals surface area (Å²) in [7, 11) is 3.90. The van der Waals surface area contributed by atoms with Crippen molar-refractivity contribution >= 4 is 5.69 Å². The Hall–Kier alpha value is -2.15. The van der Waals surface area contributed by atoms with Gasteiger partial charge in [0.2, 0.25) is 11.6 Å². The molecular formula is C17H19F4N3. The Balaban J connectivity index is 2.27. The number of hydrogen-bond donors (Lipinski definition) is 0. The molecule has 0 saturated carbocycles. The van der Waals surface area contributed by atoms with E-state index in [2.05, 4.69) is 4.98 Å². The van der Waals surface area contributed by atoms with Crippen LogP contribution in [-0.2, 0) is 13.1 Å². The first-order chi connectivity index (χ1) is 11.3. The van der Waals surface area contributed by atoms with Crippen molar-refractivity contribution in [3.8, 4) is 0 Å². The largest absolute Gasteiger partial charge is 0.362 e. The van der Waals surface area contributed by atoms with Gasteiger partial charge in [-0.15, -0.1) is 0 Å². The second kappa shape index (κ2) is 7.61. The average Bonchev–Trinajstić information content (AvgIpc) is 2.53. The van der Waals surface area contributed by atoms with Crippen molar-refractivity contribution in [2.24, 2.45) is 0 Å². The molecule has 3 nitrogen and oxygen atoms in total. The highest BCUT2D eigenvalue weighted by molar-refractivity contribution is 5.49. The molecule has 0 spiro atoms. The van der Waals surface area contributed by atoms with Gasteiger partial charge in [-0.1, -0.05) is 24.3 Å². The first-order valence-electron chi connectivity index (χ1n) is 7.51. The Labute approximate surface area is 138 Å². The number of pyridine rings is 1. The summed E-state index contributed by atoms with van der Waals surface area (Å²) in [4.78, 5) is 5.83. The van der Waals surface area contributed by atoms with E-state index in [0.29, 0.717) is 0 Å². The van der Waals surface area contributed by atoms with Crippen molar-refractivity contribution in [2.45, 2.75) is 20.0 Å². The van der Waals surface area contributed by atoms with Gasteiger partial charge in [0.05, 0.1) is 0 Å². The number of hydrogen-bond acceptors (Lipinski definition) is 3. The summed E-state index contributed by atoms with van der Waals surface area (Å²) in [6, 6.07) is 7.46. The summed E-state index contributed by atoms with van der Waals surface area (Å²) >= 11 is 0. The smallest absolute Gasteiger partial charge is 0.253 e. The van der Waals surface area contributed by atoms with Gasteiger partial charge in [-0.2, -0.15) is 22.5 Å². The molecule has 0 aliphatic carbocycles. The monoisotopic (exact) mass is 341 g/mol. The Kier molecular flexibility index (Phi) is 5.77. The van der Waals surface area contributed by atoms with Gasteiger partial charge in [0, 0.05) is 19.6 Å². The minimum absolute atomic E-state index is 0.121. The van der Waals surface area contributed by atoms with Crippen LogP contribution in [0.25, 0.3) is 0 Å². The lowest BCUT2D eigenvalue weighted by Crippen LogP contribution is -2.26. The van der Waals surface area contributed by atoms with Crippen molar-refractivity contribution < 1.29 is 17.6 Å². The van der Waals surface area contributed by atoms with Gasteiger partial charge in [-0.25, -0.2) is 0 Å². The molecule has 24 heavy (non-hydrogen) atoms. The van der Waals surface area contributed by atoms with Gasteiger partial charge >= 0.3 is 0 Å². The maximum absolute atomic E-state index is 13.9. The molecule has 2 aromatic rings. The summed E-state index contributed by atoms with van der Waals surface area (Å²) in [5.74, 6) is -6.27. The Bertz CT molecular complexity index is 676. The predicted molar refractivity (Wildman–Crippen MR) is 84.6 cm³/mol. The first kappa shape index (κ1) is 18.2. The molecule has 0 radical (unpaired) electrons. The van der Waals surface area contributed by atoms with E-state index >= 15 is 0 Å². The second-order valence-corrected chi connectivity index (χ2v) is 5.74. The minimum atomic E-state index is -1.65. The zero-order chi connectivity index (χ0) is 17.9. The van der Waals surface area contributed by atoms with E-state index in [1.54, 1.807) is 6.92 Å². The molecule has 0 fully saturated rings. The Morgan fingerprint density at radius 2 is 1.29 bits per heavy atom. The second-order valence-electron chi connectivity index (χ2n) is 5.74. The minimum Gasteiger partial charge on any atom is -0.362 e. The standard InChI is InChI=1S/C17H19F4N3/c1-4-24(15-13(18)16(20)22-17(21)14(15)19)10-12-7-5-11(6-8-12)9-23(2)3/h5-8H,4,9-10H2,1-3H3. The van der Waals surface area contributed by atoms with Crippen molar-refractivity contribution in [1.82, 2.24) is 9.88 Å². The molecule has 1 aromatic heterocycles. The van der Waals surface area contributed by atoms with Gasteiger partial charge in [-0.3, -0.25) is 0 Å². The highest BCUT2D eigenvalue weighted by Gasteiger charge is 2.24. The summed E-state index contributed by atoms with van der Waals surface area (Å²) < 4.78 is 54.4. The third kappa shape index (κ3) is 4.03. The molecule has 0 amide bonds. The van der Waals surface area contributed by atoms with Crippen LogP contribution in [0.4, 0.5) is 23.2 Å². The van der Waals surface area contributed by atoms with Crippen LogP contribution < -0.4 is 4.90 Å². The van der Waals surface area contributed by atoms with Gasteiger partial charge in [0.25, 0.3) is 11.9 Å². The van der Waals surface area contributed by atoms with Gasteiger partial charge in [0.1, 0.15) is 5.69 Å². The van der Waals surface area contributed by atoms with E-state index in [4.69, 9.17) is 0 Å². The molecule has 1 heterocycles. The molecule has 2 rings (SSSR count). The molecule has 0 bridgehead atoms. The van der Waals surface area contributed by atoms with Crippen molar-refractivity contribution in [1.29, 1.82) is 0 Å². The van der Waals surface area contributed by atoms with Crippen LogP contribution in [0.2, 0.25) is 0 Å². The van der Waals surface area contributed by atoms with Crippen LogP contribution >= 0.6 is 0 Å². The number of halogens is 4. The van der Waals surface area contributed by atoms with Gasteiger partial charge in [0.15, 0.2) is 0 Å². The SMILES string of the molecule is CCN(Cc1ccc(CN(C)C)cc1)c1c(F)c(F)nc(F)c1F. The molecule has 0 unspecified atom stereocenters. The van der Waals surface area contributed by atoms with E-state index in [-0.39, 0.29) is 13.1 Å². The lowest BCUT2D eigenvalue weighted by Gasteiger charge is -2.24. The van der Waals surface area contributed by atoms with E-state index in [1.807, 2.05) is 43.3 Å². The fourth-order valence-corrected chi connectivity index (χ4v) is 2.44. The lowest BCUT2D eigenvalue weighted by atomic mass is 10.1. The molecule has 130 valence electrons. The van der Waals surface area contributed by atoms with E-state index in [1.165, 1.54) is 4.90 Å². The molecular weight excluding hydrogens is 322 g/mol. The Morgan fingerprint density at radius 1 is 0.833 bits per heavy atom. The number of benzene rings is 1. The summed E-state index contributed by atoms with van der Waals surface area (Å²) in [5, 5.41) is 0. The predicted octanol–water partition coefficient (Wildman–Crippen LogP) is 3.73. The molecule has 7 heteroatoms. The highest BCUT2D eigenvalue weighted by atomic mass is 19.2. The summed E-state index contributed by atoms with van der Waals surface area (Å²) in [6.07, 6.45) is 0. The van der Waals surface area contributed by atoms with Crippen LogP contribution in [0, 0.1) is 23.5 Å². The number of anilines is 1. The average molecular weight is 341 g/mol. The molecule has 0 N–H and O–H groups in total. The maximum Gasteiger partial charge on any atom is 0.253 e. The van der Waals surface area contributed by atoms with Gasteiger partial charge < -0.3 is 9.80 Å². The van der Waals surface area contributed by atoms with Crippen LogP contribution in [0.15, 0.2) is 24.3 Å². The van der Waals surface area contributed by atoms with Crippen LogP contribution in [0.5, 0.6) is 0 Å². The molecule has 0 aliphatic rings. The first-order valence-corrected chi connectivity index (χ1v) is 7.51. The van der Waals surface area contributed by atoms with Crippen LogP contribution in [0.3, 0.4) is 0 Å². The normalized spacial score (nSPS) is 11.2. The van der Waals surface area contributed by atoms with E-state index in [9.17, 15) is 17.6 Å². The summed E-state index contributed by atoms with van der Waals surface area (Å²) in [5.41, 5.74) is 1.13. The van der Waals surface area contributed by atoms with Crippen LogP contribution in [-0.4, -0.2) is 30.5 Å². The van der Waals surface area contributed by atoms with Crippen molar-refractivity contribution in [2.75, 3.05) is 25.5 Å². The fourth-order valence-electron chi connectivity index (χ4n) is 2.44. The van der Waals surface area contributed by atoms with E-state index in [0.717, 1.165) is 17.7 Å². The quantitative estimate of drug-likeness (QED) is 0.590.